The summed E-state index contributed by atoms with van der Waals surface area (Å²) in [4.78, 5) is 8.29. The maximum Gasteiger partial charge on any atom is 0.239 e. The minimum atomic E-state index is 0.354. The number of benzene rings is 1. The van der Waals surface area contributed by atoms with Crippen LogP contribution in [0.4, 0.5) is 17.5 Å². The highest BCUT2D eigenvalue weighted by Gasteiger charge is 2.07. The molecule has 1 aromatic carbocycles. The lowest BCUT2D eigenvalue weighted by atomic mass is 10.3. The second kappa shape index (κ2) is 5.85. The Balaban J connectivity index is 2.35. The van der Waals surface area contributed by atoms with E-state index in [4.69, 9.17) is 10.6 Å². The van der Waals surface area contributed by atoms with E-state index < -0.39 is 0 Å². The molecular formula is C12H14BrN5O. The predicted molar refractivity (Wildman–Crippen MR) is 78.6 cm³/mol. The van der Waals surface area contributed by atoms with E-state index in [-0.39, 0.29) is 0 Å². The first-order valence-corrected chi connectivity index (χ1v) is 6.34. The molecule has 0 atom stereocenters. The summed E-state index contributed by atoms with van der Waals surface area (Å²) in [7, 11) is 1.62. The Morgan fingerprint density at radius 1 is 1.37 bits per heavy atom. The van der Waals surface area contributed by atoms with E-state index in [1.54, 1.807) is 13.3 Å². The van der Waals surface area contributed by atoms with Crippen molar-refractivity contribution in [3.63, 3.8) is 0 Å². The number of methoxy groups -OCH3 is 1. The average molecular weight is 324 g/mol. The van der Waals surface area contributed by atoms with Crippen molar-refractivity contribution in [2.75, 3.05) is 17.9 Å². The van der Waals surface area contributed by atoms with Crippen molar-refractivity contribution in [1.82, 2.24) is 9.97 Å². The summed E-state index contributed by atoms with van der Waals surface area (Å²) in [6.07, 6.45) is 1.69. The lowest BCUT2D eigenvalue weighted by Gasteiger charge is -2.12. The number of nitrogens with one attached hydrogen (secondary N) is 2. The topological polar surface area (TPSA) is 85.1 Å². The van der Waals surface area contributed by atoms with Crippen molar-refractivity contribution >= 4 is 33.4 Å². The summed E-state index contributed by atoms with van der Waals surface area (Å²) in [5.74, 6) is 7.10. The van der Waals surface area contributed by atoms with Gasteiger partial charge in [0.1, 0.15) is 11.6 Å². The number of nitrogen functional groups attached to an aromatic ring is 1. The summed E-state index contributed by atoms with van der Waals surface area (Å²) >= 11 is 3.48. The van der Waals surface area contributed by atoms with Crippen molar-refractivity contribution < 1.29 is 4.74 Å². The number of rotatable bonds is 4. The predicted octanol–water partition coefficient (Wildman–Crippen LogP) is 2.59. The standard InChI is InChI=1S/C12H14BrN5O/c1-7-6-15-12(18-14)17-11(7)16-10-5-8(19-2)3-4-9(10)13/h3-6H,14H2,1-2H3,(H2,15,16,17,18). The third-order valence-corrected chi connectivity index (χ3v) is 3.22. The summed E-state index contributed by atoms with van der Waals surface area (Å²) in [5.41, 5.74) is 4.18. The fourth-order valence-corrected chi connectivity index (χ4v) is 1.84. The molecule has 0 spiro atoms. The molecule has 2 aromatic rings. The van der Waals surface area contributed by atoms with Gasteiger partial charge in [0.05, 0.1) is 12.8 Å². The third-order valence-electron chi connectivity index (χ3n) is 2.53. The number of anilines is 3. The van der Waals surface area contributed by atoms with Gasteiger partial charge in [-0.25, -0.2) is 10.8 Å². The molecule has 0 aliphatic heterocycles. The second-order valence-corrected chi connectivity index (χ2v) is 4.69. The molecule has 0 saturated heterocycles. The van der Waals surface area contributed by atoms with Gasteiger partial charge in [0, 0.05) is 22.3 Å². The molecule has 4 N–H and O–H groups in total. The van der Waals surface area contributed by atoms with E-state index in [1.165, 1.54) is 0 Å². The molecule has 0 saturated carbocycles. The Bertz CT molecular complexity index is 539. The number of hydrogen-bond acceptors (Lipinski definition) is 6. The third kappa shape index (κ3) is 3.12. The first kappa shape index (κ1) is 13.6. The van der Waals surface area contributed by atoms with Crippen LogP contribution in [0.3, 0.4) is 0 Å². The van der Waals surface area contributed by atoms with Crippen LogP contribution in [-0.2, 0) is 0 Å². The molecular weight excluding hydrogens is 310 g/mol. The number of halogens is 1. The molecule has 19 heavy (non-hydrogen) atoms. The van der Waals surface area contributed by atoms with Gasteiger partial charge in [0.25, 0.3) is 0 Å². The maximum atomic E-state index is 5.31. The molecule has 0 bridgehead atoms. The number of hydrogen-bond donors (Lipinski definition) is 3. The lowest BCUT2D eigenvalue weighted by Crippen LogP contribution is -2.11. The number of nitrogens with two attached hydrogens (primary N) is 1. The van der Waals surface area contributed by atoms with Crippen LogP contribution in [0.1, 0.15) is 5.56 Å². The lowest BCUT2D eigenvalue weighted by molar-refractivity contribution is 0.415. The van der Waals surface area contributed by atoms with Gasteiger partial charge in [-0.05, 0) is 35.0 Å². The molecule has 2 rings (SSSR count). The number of aromatic nitrogens is 2. The van der Waals surface area contributed by atoms with Crippen LogP contribution in [0.15, 0.2) is 28.9 Å². The van der Waals surface area contributed by atoms with Gasteiger partial charge in [-0.3, -0.25) is 5.43 Å². The molecule has 0 fully saturated rings. The molecule has 0 unspecified atom stereocenters. The summed E-state index contributed by atoms with van der Waals surface area (Å²) in [6, 6.07) is 5.65. The minimum Gasteiger partial charge on any atom is -0.497 e. The molecule has 0 radical (unpaired) electrons. The first-order chi connectivity index (χ1) is 9.13. The van der Waals surface area contributed by atoms with Gasteiger partial charge < -0.3 is 10.1 Å². The summed E-state index contributed by atoms with van der Waals surface area (Å²) < 4.78 is 6.11. The zero-order valence-corrected chi connectivity index (χ0v) is 12.2. The number of hydrazine groups is 1. The van der Waals surface area contributed by atoms with Crippen LogP contribution >= 0.6 is 15.9 Å². The Morgan fingerprint density at radius 2 is 2.16 bits per heavy atom. The van der Waals surface area contributed by atoms with E-state index >= 15 is 0 Å². The van der Waals surface area contributed by atoms with Crippen molar-refractivity contribution in [3.05, 3.63) is 34.4 Å². The fraction of sp³-hybridized carbons (Fsp3) is 0.167. The van der Waals surface area contributed by atoms with Crippen molar-refractivity contribution in [3.8, 4) is 5.75 Å². The Kier molecular flexibility index (Phi) is 4.18. The molecule has 0 aliphatic rings. The highest BCUT2D eigenvalue weighted by molar-refractivity contribution is 9.10. The van der Waals surface area contributed by atoms with Crippen molar-refractivity contribution in [2.24, 2.45) is 5.84 Å². The van der Waals surface area contributed by atoms with Gasteiger partial charge in [0.15, 0.2) is 0 Å². The van der Waals surface area contributed by atoms with Gasteiger partial charge in [-0.1, -0.05) is 0 Å². The van der Waals surface area contributed by atoms with E-state index in [0.717, 1.165) is 21.5 Å². The van der Waals surface area contributed by atoms with Crippen LogP contribution in [0.25, 0.3) is 0 Å². The van der Waals surface area contributed by atoms with Gasteiger partial charge >= 0.3 is 0 Å². The fourth-order valence-electron chi connectivity index (χ4n) is 1.49. The van der Waals surface area contributed by atoms with Crippen LogP contribution in [0, 0.1) is 6.92 Å². The van der Waals surface area contributed by atoms with Crippen LogP contribution < -0.4 is 21.3 Å². The first-order valence-electron chi connectivity index (χ1n) is 5.55. The van der Waals surface area contributed by atoms with E-state index in [0.29, 0.717) is 11.8 Å². The van der Waals surface area contributed by atoms with Gasteiger partial charge in [-0.15, -0.1) is 0 Å². The molecule has 0 amide bonds. The molecule has 100 valence electrons. The van der Waals surface area contributed by atoms with Crippen LogP contribution in [0.2, 0.25) is 0 Å². The minimum absolute atomic E-state index is 0.354. The molecule has 0 aliphatic carbocycles. The van der Waals surface area contributed by atoms with E-state index in [1.807, 2.05) is 25.1 Å². The molecule has 7 heteroatoms. The normalized spacial score (nSPS) is 10.1. The van der Waals surface area contributed by atoms with Crippen LogP contribution in [0.5, 0.6) is 5.75 Å². The smallest absolute Gasteiger partial charge is 0.239 e. The highest BCUT2D eigenvalue weighted by atomic mass is 79.9. The van der Waals surface area contributed by atoms with E-state index in [9.17, 15) is 0 Å². The second-order valence-electron chi connectivity index (χ2n) is 3.84. The largest absolute Gasteiger partial charge is 0.497 e. The average Bonchev–Trinajstić information content (AvgIpc) is 2.43. The van der Waals surface area contributed by atoms with Crippen LogP contribution in [-0.4, -0.2) is 17.1 Å². The summed E-state index contributed by atoms with van der Waals surface area (Å²) in [5, 5.41) is 3.22. The molecule has 6 nitrogen and oxygen atoms in total. The van der Waals surface area contributed by atoms with E-state index in [2.05, 4.69) is 36.6 Å². The van der Waals surface area contributed by atoms with Gasteiger partial charge in [-0.2, -0.15) is 4.98 Å². The Labute approximate surface area is 119 Å². The van der Waals surface area contributed by atoms with Crippen molar-refractivity contribution in [1.29, 1.82) is 0 Å². The zero-order chi connectivity index (χ0) is 13.8. The Morgan fingerprint density at radius 3 is 2.84 bits per heavy atom. The number of nitrogens with zero attached hydrogens (tertiary/aromatic N) is 2. The monoisotopic (exact) mass is 323 g/mol. The highest BCUT2D eigenvalue weighted by Crippen LogP contribution is 2.30. The van der Waals surface area contributed by atoms with Crippen molar-refractivity contribution in [2.45, 2.75) is 6.92 Å². The van der Waals surface area contributed by atoms with Gasteiger partial charge in [0.2, 0.25) is 5.95 Å². The zero-order valence-electron chi connectivity index (χ0n) is 10.6. The number of aryl methyl sites for hydroxylation is 1. The number of ether oxygens (including phenoxy) is 1. The Hall–Kier alpha value is -1.86. The molecule has 1 aromatic heterocycles. The quantitative estimate of drug-likeness (QED) is 0.592. The molecule has 1 heterocycles. The maximum absolute atomic E-state index is 5.31. The summed E-state index contributed by atoms with van der Waals surface area (Å²) in [6.45, 7) is 1.91. The SMILES string of the molecule is COc1ccc(Br)c(Nc2nc(NN)ncc2C)c1.